The summed E-state index contributed by atoms with van der Waals surface area (Å²) in [6.45, 7) is 4.07. The van der Waals surface area contributed by atoms with Gasteiger partial charge in [0.25, 0.3) is 0 Å². The van der Waals surface area contributed by atoms with Gasteiger partial charge in [0, 0.05) is 11.3 Å². The summed E-state index contributed by atoms with van der Waals surface area (Å²) in [6.07, 6.45) is 3.06. The predicted molar refractivity (Wildman–Crippen MR) is 136 cm³/mol. The van der Waals surface area contributed by atoms with Gasteiger partial charge in [-0.25, -0.2) is 14.5 Å². The van der Waals surface area contributed by atoms with Gasteiger partial charge in [-0.15, -0.1) is 0 Å². The Morgan fingerprint density at radius 1 is 1.06 bits per heavy atom. The van der Waals surface area contributed by atoms with Crippen LogP contribution in [0.3, 0.4) is 0 Å². The van der Waals surface area contributed by atoms with Crippen molar-refractivity contribution in [2.24, 2.45) is 0 Å². The third-order valence-electron chi connectivity index (χ3n) is 5.72. The minimum atomic E-state index is -0.987. The van der Waals surface area contributed by atoms with Crippen LogP contribution in [0.2, 0.25) is 0 Å². The van der Waals surface area contributed by atoms with E-state index in [1.165, 1.54) is 6.92 Å². The molecule has 0 radical (unpaired) electrons. The molecule has 0 amide bonds. The fraction of sp³-hybridized carbons (Fsp3) is 0.214. The molecule has 0 spiro atoms. The van der Waals surface area contributed by atoms with Gasteiger partial charge in [-0.1, -0.05) is 36.4 Å². The minimum Gasteiger partial charge on any atom is -0.497 e. The Balaban J connectivity index is 1.51. The molecule has 0 fully saturated rings. The SMILES string of the molecule is COc1ccc(C(=O)c2nn(CC=Cc3ccc(CO[C@@H](C)C(=O)O)cc3)c3nc(C)ccc23)cc1. The van der Waals surface area contributed by atoms with Gasteiger partial charge in [0.05, 0.1) is 25.6 Å². The third-order valence-corrected chi connectivity index (χ3v) is 5.72. The van der Waals surface area contributed by atoms with E-state index in [0.29, 0.717) is 34.6 Å². The smallest absolute Gasteiger partial charge is 0.332 e. The number of methoxy groups -OCH3 is 1. The molecule has 8 nitrogen and oxygen atoms in total. The van der Waals surface area contributed by atoms with E-state index < -0.39 is 12.1 Å². The summed E-state index contributed by atoms with van der Waals surface area (Å²) in [5.74, 6) is -0.481. The van der Waals surface area contributed by atoms with Gasteiger partial charge in [0.15, 0.2) is 11.8 Å². The van der Waals surface area contributed by atoms with E-state index in [0.717, 1.165) is 16.8 Å². The van der Waals surface area contributed by atoms with Crippen LogP contribution in [0.25, 0.3) is 17.1 Å². The lowest BCUT2D eigenvalue weighted by molar-refractivity contribution is -0.149. The second-order valence-corrected chi connectivity index (χ2v) is 8.35. The average molecular weight is 486 g/mol. The van der Waals surface area contributed by atoms with E-state index in [1.54, 1.807) is 36.1 Å². The predicted octanol–water partition coefficient (Wildman–Crippen LogP) is 4.68. The number of fused-ring (bicyclic) bond motifs is 1. The monoisotopic (exact) mass is 485 g/mol. The molecule has 0 aliphatic carbocycles. The lowest BCUT2D eigenvalue weighted by Crippen LogP contribution is -2.19. The molecule has 2 aromatic carbocycles. The zero-order chi connectivity index (χ0) is 25.7. The summed E-state index contributed by atoms with van der Waals surface area (Å²) < 4.78 is 12.2. The summed E-state index contributed by atoms with van der Waals surface area (Å²) in [5.41, 5.74) is 4.24. The number of hydrogen-bond acceptors (Lipinski definition) is 6. The Bertz CT molecular complexity index is 1410. The number of hydrogen-bond donors (Lipinski definition) is 1. The summed E-state index contributed by atoms with van der Waals surface area (Å²) in [6, 6.07) is 18.4. The van der Waals surface area contributed by atoms with E-state index in [9.17, 15) is 9.59 Å². The van der Waals surface area contributed by atoms with Crippen LogP contribution < -0.4 is 4.74 Å². The van der Waals surface area contributed by atoms with Gasteiger partial charge in [-0.3, -0.25) is 4.79 Å². The Morgan fingerprint density at radius 3 is 2.44 bits per heavy atom. The average Bonchev–Trinajstić information content (AvgIpc) is 3.25. The number of ketones is 1. The first-order chi connectivity index (χ1) is 17.4. The lowest BCUT2D eigenvalue weighted by Gasteiger charge is -2.08. The molecule has 2 heterocycles. The second-order valence-electron chi connectivity index (χ2n) is 8.35. The molecule has 1 atom stereocenters. The van der Waals surface area contributed by atoms with Crippen molar-refractivity contribution >= 4 is 28.9 Å². The molecule has 0 unspecified atom stereocenters. The third kappa shape index (κ3) is 5.67. The number of aromatic nitrogens is 3. The van der Waals surface area contributed by atoms with Crippen molar-refractivity contribution in [3.63, 3.8) is 0 Å². The number of pyridine rings is 1. The summed E-state index contributed by atoms with van der Waals surface area (Å²) in [5, 5.41) is 14.2. The number of carboxylic acids is 1. The van der Waals surface area contributed by atoms with E-state index in [1.807, 2.05) is 55.5 Å². The molecule has 184 valence electrons. The molecular formula is C28H27N3O5. The fourth-order valence-electron chi connectivity index (χ4n) is 3.63. The summed E-state index contributed by atoms with van der Waals surface area (Å²) in [7, 11) is 1.58. The highest BCUT2D eigenvalue weighted by Crippen LogP contribution is 2.22. The number of allylic oxidation sites excluding steroid dienone is 1. The molecule has 0 aliphatic rings. The maximum absolute atomic E-state index is 13.2. The number of carbonyl (C=O) groups excluding carboxylic acids is 1. The van der Waals surface area contributed by atoms with Gasteiger partial charge in [0.2, 0.25) is 5.78 Å². The zero-order valence-corrected chi connectivity index (χ0v) is 20.3. The molecule has 2 aromatic heterocycles. The van der Waals surface area contributed by atoms with Crippen molar-refractivity contribution in [1.82, 2.24) is 14.8 Å². The number of aryl methyl sites for hydroxylation is 1. The number of aliphatic carboxylic acids is 1. The van der Waals surface area contributed by atoms with Crippen molar-refractivity contribution in [2.75, 3.05) is 7.11 Å². The quantitative estimate of drug-likeness (QED) is 0.325. The van der Waals surface area contributed by atoms with Gasteiger partial charge >= 0.3 is 5.97 Å². The first-order valence-electron chi connectivity index (χ1n) is 11.5. The molecule has 0 aliphatic heterocycles. The standard InChI is InChI=1S/C28H27N3O5/c1-18-6-15-24-25(26(32)22-11-13-23(35-3)14-12-22)30-31(27(24)29-18)16-4-5-20-7-9-21(10-8-20)17-36-19(2)28(33)34/h4-15,19H,16-17H2,1-3H3,(H,33,34)/t19-/m0/s1. The van der Waals surface area contributed by atoms with Gasteiger partial charge in [-0.2, -0.15) is 5.10 Å². The van der Waals surface area contributed by atoms with Crippen LogP contribution in [-0.2, 0) is 22.7 Å². The molecule has 1 N–H and O–H groups in total. The summed E-state index contributed by atoms with van der Waals surface area (Å²) >= 11 is 0. The summed E-state index contributed by atoms with van der Waals surface area (Å²) in [4.78, 5) is 28.7. The highest BCUT2D eigenvalue weighted by atomic mass is 16.5. The molecule has 36 heavy (non-hydrogen) atoms. The van der Waals surface area contributed by atoms with Crippen LogP contribution in [0.5, 0.6) is 5.75 Å². The van der Waals surface area contributed by atoms with Crippen LogP contribution in [0.4, 0.5) is 0 Å². The van der Waals surface area contributed by atoms with Crippen LogP contribution >= 0.6 is 0 Å². The van der Waals surface area contributed by atoms with E-state index >= 15 is 0 Å². The Morgan fingerprint density at radius 2 is 1.78 bits per heavy atom. The topological polar surface area (TPSA) is 104 Å². The van der Waals surface area contributed by atoms with Crippen molar-refractivity contribution in [1.29, 1.82) is 0 Å². The Hall–Kier alpha value is -4.30. The lowest BCUT2D eigenvalue weighted by atomic mass is 10.1. The normalized spacial score (nSPS) is 12.2. The van der Waals surface area contributed by atoms with Crippen LogP contribution in [0, 0.1) is 6.92 Å². The number of ether oxygens (including phenoxy) is 2. The highest BCUT2D eigenvalue weighted by Gasteiger charge is 2.19. The van der Waals surface area contributed by atoms with Crippen molar-refractivity contribution in [2.45, 2.75) is 33.1 Å². The molecule has 8 heteroatoms. The van der Waals surface area contributed by atoms with Crippen LogP contribution in [-0.4, -0.2) is 44.8 Å². The first kappa shape index (κ1) is 24.8. The number of benzene rings is 2. The number of rotatable bonds is 10. The van der Waals surface area contributed by atoms with Crippen molar-refractivity contribution in [3.05, 3.63) is 94.8 Å². The number of carbonyl (C=O) groups is 2. The minimum absolute atomic E-state index is 0.175. The van der Waals surface area contributed by atoms with Gasteiger partial charge in [-0.05, 0) is 61.4 Å². The van der Waals surface area contributed by atoms with Gasteiger partial charge in [0.1, 0.15) is 11.4 Å². The molecule has 4 rings (SSSR count). The molecule has 0 saturated heterocycles. The van der Waals surface area contributed by atoms with E-state index in [2.05, 4.69) is 10.1 Å². The molecule has 0 bridgehead atoms. The number of nitrogens with zero attached hydrogens (tertiary/aromatic N) is 3. The maximum Gasteiger partial charge on any atom is 0.332 e. The Labute approximate surface area is 208 Å². The highest BCUT2D eigenvalue weighted by molar-refractivity contribution is 6.14. The largest absolute Gasteiger partial charge is 0.497 e. The van der Waals surface area contributed by atoms with E-state index in [4.69, 9.17) is 14.6 Å². The zero-order valence-electron chi connectivity index (χ0n) is 20.3. The molecule has 0 saturated carbocycles. The number of carboxylic acid groups (broad SMARTS) is 1. The van der Waals surface area contributed by atoms with Gasteiger partial charge < -0.3 is 14.6 Å². The van der Waals surface area contributed by atoms with Crippen LogP contribution in [0.1, 0.15) is 39.8 Å². The molecule has 4 aromatic rings. The Kier molecular flexibility index (Phi) is 7.56. The first-order valence-corrected chi connectivity index (χ1v) is 11.5. The van der Waals surface area contributed by atoms with Crippen molar-refractivity contribution < 1.29 is 24.2 Å². The maximum atomic E-state index is 13.2. The van der Waals surface area contributed by atoms with Crippen molar-refractivity contribution in [3.8, 4) is 5.75 Å². The van der Waals surface area contributed by atoms with Crippen LogP contribution in [0.15, 0.2) is 66.7 Å². The molecular weight excluding hydrogens is 458 g/mol. The fourth-order valence-corrected chi connectivity index (χ4v) is 3.63. The second kappa shape index (κ2) is 11.0. The van der Waals surface area contributed by atoms with E-state index in [-0.39, 0.29) is 12.4 Å².